The molecule has 21 heavy (non-hydrogen) atoms. The monoisotopic (exact) mass is 312 g/mol. The quantitative estimate of drug-likeness (QED) is 0.798. The molecule has 0 aromatic carbocycles. The van der Waals surface area contributed by atoms with Crippen molar-refractivity contribution in [1.29, 1.82) is 0 Å². The van der Waals surface area contributed by atoms with Gasteiger partial charge in [0.1, 0.15) is 10.6 Å². The second kappa shape index (κ2) is 5.60. The van der Waals surface area contributed by atoms with E-state index in [9.17, 15) is 13.2 Å². The number of hydrogen-bond donors (Lipinski definition) is 2. The van der Waals surface area contributed by atoms with Crippen molar-refractivity contribution in [2.75, 3.05) is 11.8 Å². The number of rotatable bonds is 5. The van der Waals surface area contributed by atoms with Crippen LogP contribution >= 0.6 is 0 Å². The Morgan fingerprint density at radius 3 is 2.76 bits per heavy atom. The van der Waals surface area contributed by atoms with Crippen molar-refractivity contribution in [3.63, 3.8) is 0 Å². The molecule has 2 rings (SSSR count). The number of carbonyl (C=O) groups is 1. The molecule has 0 aliphatic rings. The summed E-state index contributed by atoms with van der Waals surface area (Å²) < 4.78 is 32.8. The normalized spacial score (nSPS) is 11.4. The average molecular weight is 312 g/mol. The van der Waals surface area contributed by atoms with E-state index in [-0.39, 0.29) is 16.4 Å². The van der Waals surface area contributed by atoms with E-state index in [1.54, 1.807) is 13.1 Å². The molecule has 2 aromatic heterocycles. The van der Waals surface area contributed by atoms with Crippen LogP contribution in [0.1, 0.15) is 23.1 Å². The standard InChI is InChI=1S/C12H16N4O4S/c1-4-8-5-11(14-13-8)15-21(18,19)9-6-10(12(17)20-3)16(2)7-9/h5-7H,4H2,1-3H3,(H2,13,14,15). The molecule has 0 bridgehead atoms. The second-order valence-corrected chi connectivity index (χ2v) is 6.08. The maximum absolute atomic E-state index is 12.2. The number of nitrogens with zero attached hydrogens (tertiary/aromatic N) is 2. The lowest BCUT2D eigenvalue weighted by molar-refractivity contribution is 0.0590. The number of esters is 1. The Hall–Kier alpha value is -2.29. The topological polar surface area (TPSA) is 106 Å². The summed E-state index contributed by atoms with van der Waals surface area (Å²) in [6.45, 7) is 1.92. The number of aryl methyl sites for hydroxylation is 2. The SMILES string of the molecule is CCc1cc(NS(=O)(=O)c2cc(C(=O)OC)n(C)c2)n[nH]1. The molecular formula is C12H16N4O4S. The number of H-pyrrole nitrogens is 1. The fourth-order valence-electron chi connectivity index (χ4n) is 1.78. The van der Waals surface area contributed by atoms with Gasteiger partial charge in [0.25, 0.3) is 10.0 Å². The molecule has 0 saturated carbocycles. The van der Waals surface area contributed by atoms with E-state index in [0.717, 1.165) is 5.69 Å². The molecule has 0 spiro atoms. The number of aromatic amines is 1. The van der Waals surface area contributed by atoms with Gasteiger partial charge >= 0.3 is 5.97 Å². The highest BCUT2D eigenvalue weighted by molar-refractivity contribution is 7.92. The molecule has 0 atom stereocenters. The van der Waals surface area contributed by atoms with Crippen LogP contribution in [0.4, 0.5) is 5.82 Å². The summed E-state index contributed by atoms with van der Waals surface area (Å²) >= 11 is 0. The van der Waals surface area contributed by atoms with E-state index in [2.05, 4.69) is 19.7 Å². The van der Waals surface area contributed by atoms with Gasteiger partial charge in [-0.25, -0.2) is 13.2 Å². The summed E-state index contributed by atoms with van der Waals surface area (Å²) in [5, 5.41) is 6.58. The first-order valence-corrected chi connectivity index (χ1v) is 7.67. The van der Waals surface area contributed by atoms with E-state index in [1.165, 1.54) is 23.9 Å². The van der Waals surface area contributed by atoms with Gasteiger partial charge in [-0.2, -0.15) is 5.10 Å². The Labute approximate surface area is 122 Å². The molecule has 9 heteroatoms. The van der Waals surface area contributed by atoms with Gasteiger partial charge in [-0.1, -0.05) is 6.92 Å². The fraction of sp³-hybridized carbons (Fsp3) is 0.333. The van der Waals surface area contributed by atoms with Gasteiger partial charge in [0.2, 0.25) is 0 Å². The summed E-state index contributed by atoms with van der Waals surface area (Å²) in [5.41, 5.74) is 0.963. The molecule has 2 heterocycles. The van der Waals surface area contributed by atoms with E-state index in [0.29, 0.717) is 6.42 Å². The predicted molar refractivity (Wildman–Crippen MR) is 75.5 cm³/mol. The number of nitrogens with one attached hydrogen (secondary N) is 2. The van der Waals surface area contributed by atoms with Crippen LogP contribution in [0.15, 0.2) is 23.2 Å². The Bertz CT molecular complexity index is 760. The average Bonchev–Trinajstić information content (AvgIpc) is 3.04. The van der Waals surface area contributed by atoms with E-state index < -0.39 is 16.0 Å². The van der Waals surface area contributed by atoms with Gasteiger partial charge in [-0.05, 0) is 12.5 Å². The first-order chi connectivity index (χ1) is 9.87. The first-order valence-electron chi connectivity index (χ1n) is 6.19. The number of aromatic nitrogens is 3. The lowest BCUT2D eigenvalue weighted by Gasteiger charge is -2.01. The summed E-state index contributed by atoms with van der Waals surface area (Å²) in [7, 11) is -1.01. The number of hydrogen-bond acceptors (Lipinski definition) is 5. The third kappa shape index (κ3) is 3.07. The molecule has 0 amide bonds. The summed E-state index contributed by atoms with van der Waals surface area (Å²) in [4.78, 5) is 11.5. The summed E-state index contributed by atoms with van der Waals surface area (Å²) in [6, 6.07) is 2.86. The molecule has 8 nitrogen and oxygen atoms in total. The molecule has 2 aromatic rings. The van der Waals surface area contributed by atoms with E-state index in [1.807, 2.05) is 6.92 Å². The van der Waals surface area contributed by atoms with Crippen LogP contribution in [0, 0.1) is 0 Å². The van der Waals surface area contributed by atoms with Crippen molar-refractivity contribution in [2.45, 2.75) is 18.2 Å². The summed E-state index contributed by atoms with van der Waals surface area (Å²) in [5.74, 6) is -0.401. The van der Waals surface area contributed by atoms with Gasteiger partial charge in [-0.3, -0.25) is 9.82 Å². The molecule has 114 valence electrons. The number of ether oxygens (including phenoxy) is 1. The number of methoxy groups -OCH3 is 1. The summed E-state index contributed by atoms with van der Waals surface area (Å²) in [6.07, 6.45) is 2.05. The van der Waals surface area contributed by atoms with E-state index in [4.69, 9.17) is 0 Å². The highest BCUT2D eigenvalue weighted by Gasteiger charge is 2.21. The molecule has 0 aliphatic heterocycles. The minimum absolute atomic E-state index is 0.0357. The molecular weight excluding hydrogens is 296 g/mol. The van der Waals surface area contributed by atoms with Crippen LogP contribution in [0.5, 0.6) is 0 Å². The molecule has 0 radical (unpaired) electrons. The highest BCUT2D eigenvalue weighted by atomic mass is 32.2. The maximum Gasteiger partial charge on any atom is 0.354 e. The van der Waals surface area contributed by atoms with Crippen LogP contribution in [0.25, 0.3) is 0 Å². The first kappa shape index (κ1) is 15.1. The maximum atomic E-state index is 12.2. The largest absolute Gasteiger partial charge is 0.464 e. The number of carbonyl (C=O) groups excluding carboxylic acids is 1. The van der Waals surface area contributed by atoms with Crippen molar-refractivity contribution in [1.82, 2.24) is 14.8 Å². The zero-order chi connectivity index (χ0) is 15.6. The molecule has 2 N–H and O–H groups in total. The van der Waals surface area contributed by atoms with E-state index >= 15 is 0 Å². The minimum atomic E-state index is -3.81. The predicted octanol–water partition coefficient (Wildman–Crippen LogP) is 0.898. The van der Waals surface area contributed by atoms with Gasteiger partial charge in [0, 0.05) is 25.0 Å². The van der Waals surface area contributed by atoms with Crippen molar-refractivity contribution < 1.29 is 17.9 Å². The van der Waals surface area contributed by atoms with Crippen molar-refractivity contribution in [3.8, 4) is 0 Å². The Morgan fingerprint density at radius 2 is 2.19 bits per heavy atom. The zero-order valence-corrected chi connectivity index (χ0v) is 12.7. The van der Waals surface area contributed by atoms with Gasteiger partial charge in [0.15, 0.2) is 5.82 Å². The number of anilines is 1. The Morgan fingerprint density at radius 1 is 1.48 bits per heavy atom. The highest BCUT2D eigenvalue weighted by Crippen LogP contribution is 2.18. The van der Waals surface area contributed by atoms with Crippen LogP contribution in [0.2, 0.25) is 0 Å². The third-order valence-corrected chi connectivity index (χ3v) is 4.26. The lowest BCUT2D eigenvalue weighted by atomic mass is 10.3. The Balaban J connectivity index is 2.29. The zero-order valence-electron chi connectivity index (χ0n) is 11.9. The molecule has 0 saturated heterocycles. The lowest BCUT2D eigenvalue weighted by Crippen LogP contribution is -2.12. The number of sulfonamides is 1. The van der Waals surface area contributed by atoms with Gasteiger partial charge < -0.3 is 9.30 Å². The van der Waals surface area contributed by atoms with Gasteiger partial charge in [0.05, 0.1) is 7.11 Å². The molecule has 0 fully saturated rings. The van der Waals surface area contributed by atoms with Crippen LogP contribution < -0.4 is 4.72 Å². The Kier molecular flexibility index (Phi) is 4.03. The van der Waals surface area contributed by atoms with Crippen molar-refractivity contribution in [2.24, 2.45) is 7.05 Å². The van der Waals surface area contributed by atoms with Crippen molar-refractivity contribution in [3.05, 3.63) is 29.7 Å². The van der Waals surface area contributed by atoms with Crippen LogP contribution in [0.3, 0.4) is 0 Å². The van der Waals surface area contributed by atoms with Gasteiger partial charge in [-0.15, -0.1) is 0 Å². The van der Waals surface area contributed by atoms with Crippen LogP contribution in [-0.2, 0) is 28.2 Å². The third-order valence-electron chi connectivity index (χ3n) is 2.94. The molecule has 0 unspecified atom stereocenters. The fourth-order valence-corrected chi connectivity index (χ4v) is 2.84. The minimum Gasteiger partial charge on any atom is -0.464 e. The smallest absolute Gasteiger partial charge is 0.354 e. The molecule has 0 aliphatic carbocycles. The second-order valence-electron chi connectivity index (χ2n) is 4.40. The van der Waals surface area contributed by atoms with Crippen molar-refractivity contribution >= 4 is 21.8 Å². The van der Waals surface area contributed by atoms with Crippen LogP contribution in [-0.4, -0.2) is 36.3 Å².